The maximum Gasteiger partial charge on any atom is 0.250 e. The Morgan fingerprint density at radius 1 is 1.23 bits per heavy atom. The van der Waals surface area contributed by atoms with E-state index in [2.05, 4.69) is 4.72 Å². The average molecular weight is 411 g/mol. The fraction of sp³-hybridized carbons (Fsp3) is 0.389. The summed E-state index contributed by atoms with van der Waals surface area (Å²) in [7, 11) is -3.46. The summed E-state index contributed by atoms with van der Waals surface area (Å²) in [5, 5.41) is 2.41. The number of hydrogen-bond acceptors (Lipinski definition) is 4. The first-order valence-corrected chi connectivity index (χ1v) is 11.3. The number of rotatable bonds is 5. The van der Waals surface area contributed by atoms with Crippen molar-refractivity contribution >= 4 is 38.9 Å². The lowest BCUT2D eigenvalue weighted by atomic mass is 10.0. The molecule has 4 rings (SSSR count). The third kappa shape index (κ3) is 3.53. The normalized spacial score (nSPS) is 25.0. The Hall–Kier alpha value is -1.41. The summed E-state index contributed by atoms with van der Waals surface area (Å²) in [6.07, 6.45) is 1.90. The van der Waals surface area contributed by atoms with E-state index in [1.807, 2.05) is 17.0 Å². The minimum atomic E-state index is -3.46. The Balaban J connectivity index is 1.37. The van der Waals surface area contributed by atoms with Crippen molar-refractivity contribution in [3.8, 4) is 0 Å². The van der Waals surface area contributed by atoms with Gasteiger partial charge in [-0.1, -0.05) is 29.8 Å². The maximum atomic E-state index is 12.6. The number of hydrogen-bond donors (Lipinski definition) is 1. The number of fused-ring (bicyclic) bond motifs is 2. The lowest BCUT2D eigenvalue weighted by Gasteiger charge is -2.32. The van der Waals surface area contributed by atoms with Crippen LogP contribution in [0.25, 0.3) is 0 Å². The van der Waals surface area contributed by atoms with Crippen LogP contribution in [0.5, 0.6) is 0 Å². The molecule has 138 valence electrons. The Labute approximate surface area is 162 Å². The van der Waals surface area contributed by atoms with Crippen molar-refractivity contribution in [2.24, 2.45) is 5.92 Å². The summed E-state index contributed by atoms with van der Waals surface area (Å²) in [5.41, 5.74) is 0.942. The summed E-state index contributed by atoms with van der Waals surface area (Å²) in [6, 6.07) is 10.7. The molecule has 2 aliphatic rings. The summed E-state index contributed by atoms with van der Waals surface area (Å²) < 4.78 is 28.0. The highest BCUT2D eigenvalue weighted by Gasteiger charge is 2.47. The van der Waals surface area contributed by atoms with Gasteiger partial charge in [0.1, 0.15) is 4.21 Å². The van der Waals surface area contributed by atoms with Crippen molar-refractivity contribution in [2.75, 3.05) is 6.54 Å². The Kier molecular flexibility index (Phi) is 4.81. The lowest BCUT2D eigenvalue weighted by molar-refractivity contribution is -0.132. The molecule has 1 N–H and O–H groups in total. The largest absolute Gasteiger partial charge is 0.339 e. The van der Waals surface area contributed by atoms with Crippen LogP contribution >= 0.6 is 22.9 Å². The number of thiophene rings is 1. The quantitative estimate of drug-likeness (QED) is 0.824. The highest BCUT2D eigenvalue weighted by atomic mass is 35.5. The number of halogens is 1. The van der Waals surface area contributed by atoms with Crippen LogP contribution < -0.4 is 4.72 Å². The van der Waals surface area contributed by atoms with Crippen molar-refractivity contribution in [2.45, 2.75) is 35.6 Å². The number of sulfonamides is 1. The van der Waals surface area contributed by atoms with Gasteiger partial charge in [0.2, 0.25) is 15.9 Å². The van der Waals surface area contributed by atoms with Gasteiger partial charge >= 0.3 is 0 Å². The first kappa shape index (κ1) is 18.0. The first-order chi connectivity index (χ1) is 12.4. The number of carbonyl (C=O) groups excluding carboxylic acids is 1. The van der Waals surface area contributed by atoms with Crippen molar-refractivity contribution < 1.29 is 13.2 Å². The van der Waals surface area contributed by atoms with Crippen molar-refractivity contribution in [1.29, 1.82) is 0 Å². The van der Waals surface area contributed by atoms with E-state index >= 15 is 0 Å². The molecule has 2 heterocycles. The van der Waals surface area contributed by atoms with Crippen molar-refractivity contribution in [3.63, 3.8) is 0 Å². The van der Waals surface area contributed by atoms with E-state index in [1.54, 1.807) is 29.6 Å². The van der Waals surface area contributed by atoms with Gasteiger partial charge in [-0.25, -0.2) is 13.1 Å². The first-order valence-electron chi connectivity index (χ1n) is 8.52. The van der Waals surface area contributed by atoms with Crippen LogP contribution in [0.2, 0.25) is 5.02 Å². The number of nitrogens with one attached hydrogen (secondary N) is 1. The summed E-state index contributed by atoms with van der Waals surface area (Å²) >= 11 is 7.10. The van der Waals surface area contributed by atoms with Crippen LogP contribution in [-0.2, 0) is 21.2 Å². The number of carbonyl (C=O) groups is 1. The number of benzene rings is 1. The molecule has 8 heteroatoms. The zero-order chi connectivity index (χ0) is 18.3. The van der Waals surface area contributed by atoms with E-state index in [-0.39, 0.29) is 23.9 Å². The third-order valence-electron chi connectivity index (χ3n) is 5.20. The molecule has 2 bridgehead atoms. The maximum absolute atomic E-state index is 12.6. The molecule has 1 aliphatic carbocycles. The second kappa shape index (κ2) is 6.96. The van der Waals surface area contributed by atoms with E-state index in [9.17, 15) is 13.2 Å². The zero-order valence-electron chi connectivity index (χ0n) is 14.0. The molecule has 2 aromatic rings. The van der Waals surface area contributed by atoms with Crippen LogP contribution in [0.4, 0.5) is 0 Å². The van der Waals surface area contributed by atoms with E-state index in [0.29, 0.717) is 28.6 Å². The van der Waals surface area contributed by atoms with Gasteiger partial charge in [-0.05, 0) is 47.9 Å². The van der Waals surface area contributed by atoms with Crippen LogP contribution in [-0.4, -0.2) is 37.9 Å². The van der Waals surface area contributed by atoms with E-state index in [0.717, 1.165) is 12.0 Å². The second-order valence-electron chi connectivity index (χ2n) is 6.89. The van der Waals surface area contributed by atoms with Gasteiger partial charge in [-0.2, -0.15) is 0 Å². The predicted molar refractivity (Wildman–Crippen MR) is 102 cm³/mol. The predicted octanol–water partition coefficient (Wildman–Crippen LogP) is 2.91. The number of nitrogens with zero attached hydrogens (tertiary/aromatic N) is 1. The molecule has 5 nitrogen and oxygen atoms in total. The summed E-state index contributed by atoms with van der Waals surface area (Å²) in [5.74, 6) is 0.281. The van der Waals surface area contributed by atoms with Crippen LogP contribution in [0.15, 0.2) is 46.0 Å². The van der Waals surface area contributed by atoms with E-state index in [4.69, 9.17) is 11.6 Å². The highest BCUT2D eigenvalue weighted by molar-refractivity contribution is 7.91. The number of likely N-dealkylation sites (tertiary alicyclic amines) is 1. The fourth-order valence-electron chi connectivity index (χ4n) is 3.96. The van der Waals surface area contributed by atoms with Crippen LogP contribution in [0, 0.1) is 5.92 Å². The molecule has 2 fully saturated rings. The average Bonchev–Trinajstić information content (AvgIpc) is 3.33. The number of amides is 1. The van der Waals surface area contributed by atoms with Crippen LogP contribution in [0.3, 0.4) is 0 Å². The molecule has 1 saturated carbocycles. The van der Waals surface area contributed by atoms with Gasteiger partial charge in [0, 0.05) is 23.7 Å². The third-order valence-corrected chi connectivity index (χ3v) is 8.34. The molecule has 3 atom stereocenters. The fourth-order valence-corrected chi connectivity index (χ4v) is 6.41. The SMILES string of the molecule is O=C(Cc1ccc(Cl)cc1)N1CC2CC1CC2NS(=O)(=O)c1cccs1. The zero-order valence-corrected chi connectivity index (χ0v) is 16.4. The van der Waals surface area contributed by atoms with Crippen molar-refractivity contribution in [1.82, 2.24) is 9.62 Å². The molecule has 1 amide bonds. The van der Waals surface area contributed by atoms with E-state index in [1.165, 1.54) is 11.3 Å². The van der Waals surface area contributed by atoms with Crippen LogP contribution in [0.1, 0.15) is 18.4 Å². The highest BCUT2D eigenvalue weighted by Crippen LogP contribution is 2.39. The molecule has 26 heavy (non-hydrogen) atoms. The standard InChI is InChI=1S/C18H19ClN2O3S2/c19-14-5-3-12(4-6-14)8-17(22)21-11-13-9-15(21)10-16(13)20-26(23,24)18-2-1-7-25-18/h1-7,13,15-16,20H,8-11H2. The minimum Gasteiger partial charge on any atom is -0.339 e. The molecule has 3 unspecified atom stereocenters. The van der Waals surface area contributed by atoms with Gasteiger partial charge in [0.25, 0.3) is 0 Å². The molecular weight excluding hydrogens is 392 g/mol. The Morgan fingerprint density at radius 3 is 2.62 bits per heavy atom. The number of piperidine rings is 1. The minimum absolute atomic E-state index is 0.0910. The van der Waals surface area contributed by atoms with Gasteiger partial charge in [-0.3, -0.25) is 4.79 Å². The molecule has 0 radical (unpaired) electrons. The topological polar surface area (TPSA) is 66.5 Å². The van der Waals surface area contributed by atoms with E-state index < -0.39 is 10.0 Å². The van der Waals surface area contributed by atoms with Gasteiger partial charge in [-0.15, -0.1) is 11.3 Å². The smallest absolute Gasteiger partial charge is 0.250 e. The lowest BCUT2D eigenvalue weighted by Crippen LogP contribution is -2.47. The molecule has 1 aromatic carbocycles. The second-order valence-corrected chi connectivity index (χ2v) is 10.2. The Morgan fingerprint density at radius 2 is 2.00 bits per heavy atom. The van der Waals surface area contributed by atoms with Gasteiger partial charge in [0.15, 0.2) is 0 Å². The molecule has 0 spiro atoms. The monoisotopic (exact) mass is 410 g/mol. The molecule has 1 saturated heterocycles. The Bertz CT molecular complexity index is 897. The summed E-state index contributed by atoms with van der Waals surface area (Å²) in [6.45, 7) is 0.620. The van der Waals surface area contributed by atoms with Crippen molar-refractivity contribution in [3.05, 3.63) is 52.4 Å². The summed E-state index contributed by atoms with van der Waals surface area (Å²) in [4.78, 5) is 14.5. The molecule has 1 aromatic heterocycles. The van der Waals surface area contributed by atoms with Gasteiger partial charge in [0.05, 0.1) is 6.42 Å². The molecule has 1 aliphatic heterocycles. The molecular formula is C18H19ClN2O3S2. The van der Waals surface area contributed by atoms with Gasteiger partial charge < -0.3 is 4.90 Å².